The van der Waals surface area contributed by atoms with Crippen molar-refractivity contribution in [2.24, 2.45) is 0 Å². The van der Waals surface area contributed by atoms with Gasteiger partial charge in [0.1, 0.15) is 18.1 Å². The fraction of sp³-hybridized carbons (Fsp3) is 0.214. The zero-order valence-corrected chi connectivity index (χ0v) is 11.3. The second-order valence-electron chi connectivity index (χ2n) is 4.35. The number of aryl methyl sites for hydroxylation is 1. The lowest BCUT2D eigenvalue weighted by atomic mass is 10.2. The third-order valence-electron chi connectivity index (χ3n) is 3.03. The highest BCUT2D eigenvalue weighted by Crippen LogP contribution is 2.21. The van der Waals surface area contributed by atoms with E-state index in [0.717, 1.165) is 17.1 Å². The lowest BCUT2D eigenvalue weighted by Crippen LogP contribution is -2.00. The summed E-state index contributed by atoms with van der Waals surface area (Å²) in [6.45, 7) is 2.45. The predicted molar refractivity (Wildman–Crippen MR) is 72.4 cm³/mol. The van der Waals surface area contributed by atoms with Gasteiger partial charge in [0.05, 0.1) is 7.11 Å². The molecule has 0 aliphatic carbocycles. The minimum atomic E-state index is 0.517. The molecule has 0 amide bonds. The molecule has 1 aromatic carbocycles. The van der Waals surface area contributed by atoms with Crippen molar-refractivity contribution in [3.63, 3.8) is 0 Å². The van der Waals surface area contributed by atoms with Gasteiger partial charge in [0, 0.05) is 18.0 Å². The standard InChI is InChI=1S/C14H14N4O2/c1-10-15-6-7-18(10)9-13-16-14(17-20-13)11-4-3-5-12(8-11)19-2/h3-8H,9H2,1-2H3. The number of hydrogen-bond acceptors (Lipinski definition) is 5. The Morgan fingerprint density at radius 3 is 3.00 bits per heavy atom. The Morgan fingerprint density at radius 1 is 1.35 bits per heavy atom. The summed E-state index contributed by atoms with van der Waals surface area (Å²) in [6, 6.07) is 7.56. The molecule has 0 spiro atoms. The van der Waals surface area contributed by atoms with E-state index >= 15 is 0 Å². The molecule has 0 aliphatic rings. The quantitative estimate of drug-likeness (QED) is 0.727. The molecule has 3 aromatic rings. The van der Waals surface area contributed by atoms with Gasteiger partial charge in [0.15, 0.2) is 0 Å². The molecule has 6 nitrogen and oxygen atoms in total. The van der Waals surface area contributed by atoms with Crippen molar-refractivity contribution in [3.05, 3.63) is 48.4 Å². The van der Waals surface area contributed by atoms with Crippen LogP contribution in [0, 0.1) is 6.92 Å². The Labute approximate surface area is 116 Å². The van der Waals surface area contributed by atoms with Crippen LogP contribution in [0.4, 0.5) is 0 Å². The van der Waals surface area contributed by atoms with Gasteiger partial charge in [-0.3, -0.25) is 0 Å². The van der Waals surface area contributed by atoms with Crippen LogP contribution in [0.2, 0.25) is 0 Å². The number of hydrogen-bond donors (Lipinski definition) is 0. The maximum Gasteiger partial charge on any atom is 0.246 e. The third kappa shape index (κ3) is 2.40. The van der Waals surface area contributed by atoms with E-state index in [1.807, 2.05) is 42.0 Å². The van der Waals surface area contributed by atoms with E-state index in [1.54, 1.807) is 13.3 Å². The number of ether oxygens (including phenoxy) is 1. The summed E-state index contributed by atoms with van der Waals surface area (Å²) in [7, 11) is 1.63. The summed E-state index contributed by atoms with van der Waals surface area (Å²) in [5, 5.41) is 4.00. The van der Waals surface area contributed by atoms with Crippen LogP contribution in [-0.2, 0) is 6.54 Å². The summed E-state index contributed by atoms with van der Waals surface area (Å²) in [4.78, 5) is 8.55. The predicted octanol–water partition coefficient (Wildman–Crippen LogP) is 2.30. The van der Waals surface area contributed by atoms with Crippen LogP contribution in [0.5, 0.6) is 5.75 Å². The van der Waals surface area contributed by atoms with Crippen LogP contribution >= 0.6 is 0 Å². The smallest absolute Gasteiger partial charge is 0.246 e. The van der Waals surface area contributed by atoms with Gasteiger partial charge in [-0.05, 0) is 19.1 Å². The Balaban J connectivity index is 1.84. The van der Waals surface area contributed by atoms with Crippen molar-refractivity contribution in [3.8, 4) is 17.1 Å². The Hall–Kier alpha value is -2.63. The van der Waals surface area contributed by atoms with Crippen LogP contribution < -0.4 is 4.74 Å². The van der Waals surface area contributed by atoms with Crippen LogP contribution in [0.3, 0.4) is 0 Å². The van der Waals surface area contributed by atoms with Gasteiger partial charge in [-0.25, -0.2) is 4.98 Å². The monoisotopic (exact) mass is 270 g/mol. The molecule has 0 aliphatic heterocycles. The molecular formula is C14H14N4O2. The Morgan fingerprint density at radius 2 is 2.25 bits per heavy atom. The van der Waals surface area contributed by atoms with E-state index < -0.39 is 0 Å². The van der Waals surface area contributed by atoms with Crippen molar-refractivity contribution in [2.75, 3.05) is 7.11 Å². The second-order valence-corrected chi connectivity index (χ2v) is 4.35. The number of nitrogens with zero attached hydrogens (tertiary/aromatic N) is 4. The number of methoxy groups -OCH3 is 1. The van der Waals surface area contributed by atoms with Crippen molar-refractivity contribution < 1.29 is 9.26 Å². The first kappa shape index (κ1) is 12.4. The van der Waals surface area contributed by atoms with Gasteiger partial charge in [0.2, 0.25) is 11.7 Å². The van der Waals surface area contributed by atoms with Crippen LogP contribution in [0.25, 0.3) is 11.4 Å². The molecule has 0 saturated carbocycles. The second kappa shape index (κ2) is 5.16. The van der Waals surface area contributed by atoms with Gasteiger partial charge >= 0.3 is 0 Å². The van der Waals surface area contributed by atoms with Crippen LogP contribution in [-0.4, -0.2) is 26.8 Å². The lowest BCUT2D eigenvalue weighted by molar-refractivity contribution is 0.370. The molecule has 102 valence electrons. The largest absolute Gasteiger partial charge is 0.497 e. The normalized spacial score (nSPS) is 10.7. The first-order valence-electron chi connectivity index (χ1n) is 6.21. The van der Waals surface area contributed by atoms with Gasteiger partial charge in [-0.15, -0.1) is 0 Å². The molecule has 0 N–H and O–H groups in total. The van der Waals surface area contributed by atoms with Crippen LogP contribution in [0.1, 0.15) is 11.7 Å². The van der Waals surface area contributed by atoms with E-state index in [9.17, 15) is 0 Å². The molecule has 0 unspecified atom stereocenters. The molecule has 6 heteroatoms. The number of imidazole rings is 1. The topological polar surface area (TPSA) is 66.0 Å². The number of rotatable bonds is 4. The minimum Gasteiger partial charge on any atom is -0.497 e. The molecule has 2 heterocycles. The summed E-state index contributed by atoms with van der Waals surface area (Å²) >= 11 is 0. The van der Waals surface area contributed by atoms with Crippen LogP contribution in [0.15, 0.2) is 41.2 Å². The van der Waals surface area contributed by atoms with Gasteiger partial charge in [0.25, 0.3) is 0 Å². The first-order valence-corrected chi connectivity index (χ1v) is 6.21. The van der Waals surface area contributed by atoms with E-state index in [0.29, 0.717) is 18.3 Å². The highest BCUT2D eigenvalue weighted by molar-refractivity contribution is 5.56. The van der Waals surface area contributed by atoms with E-state index in [-0.39, 0.29) is 0 Å². The molecule has 20 heavy (non-hydrogen) atoms. The first-order chi connectivity index (χ1) is 9.76. The average Bonchev–Trinajstić information content (AvgIpc) is 3.10. The maximum absolute atomic E-state index is 5.27. The zero-order chi connectivity index (χ0) is 13.9. The zero-order valence-electron chi connectivity index (χ0n) is 11.3. The highest BCUT2D eigenvalue weighted by atomic mass is 16.5. The lowest BCUT2D eigenvalue weighted by Gasteiger charge is -2.00. The molecule has 0 bridgehead atoms. The van der Waals surface area contributed by atoms with E-state index in [4.69, 9.17) is 9.26 Å². The fourth-order valence-corrected chi connectivity index (χ4v) is 1.92. The molecular weight excluding hydrogens is 256 g/mol. The van der Waals surface area contributed by atoms with E-state index in [1.165, 1.54) is 0 Å². The summed E-state index contributed by atoms with van der Waals surface area (Å²) in [6.07, 6.45) is 3.62. The van der Waals surface area contributed by atoms with Crippen molar-refractivity contribution >= 4 is 0 Å². The average molecular weight is 270 g/mol. The minimum absolute atomic E-state index is 0.517. The summed E-state index contributed by atoms with van der Waals surface area (Å²) in [5.74, 6) is 2.77. The van der Waals surface area contributed by atoms with Gasteiger partial charge < -0.3 is 13.8 Å². The van der Waals surface area contributed by atoms with Gasteiger partial charge in [-0.2, -0.15) is 4.98 Å². The highest BCUT2D eigenvalue weighted by Gasteiger charge is 2.10. The molecule has 0 atom stereocenters. The SMILES string of the molecule is COc1cccc(-c2noc(Cn3ccnc3C)n2)c1. The third-order valence-corrected chi connectivity index (χ3v) is 3.03. The van der Waals surface area contributed by atoms with Crippen molar-refractivity contribution in [2.45, 2.75) is 13.5 Å². The molecule has 3 rings (SSSR count). The van der Waals surface area contributed by atoms with Gasteiger partial charge in [-0.1, -0.05) is 17.3 Å². The Kier molecular flexibility index (Phi) is 3.20. The van der Waals surface area contributed by atoms with Crippen molar-refractivity contribution in [1.82, 2.24) is 19.7 Å². The number of benzene rings is 1. The molecule has 2 aromatic heterocycles. The molecule has 0 saturated heterocycles. The molecule has 0 fully saturated rings. The van der Waals surface area contributed by atoms with E-state index in [2.05, 4.69) is 15.1 Å². The fourth-order valence-electron chi connectivity index (χ4n) is 1.92. The Bertz CT molecular complexity index is 717. The maximum atomic E-state index is 5.27. The summed E-state index contributed by atoms with van der Waals surface area (Å²) in [5.41, 5.74) is 0.863. The number of aromatic nitrogens is 4. The van der Waals surface area contributed by atoms with Crippen molar-refractivity contribution in [1.29, 1.82) is 0 Å². The summed E-state index contributed by atoms with van der Waals surface area (Å²) < 4.78 is 12.4. The molecule has 0 radical (unpaired) electrons.